The van der Waals surface area contributed by atoms with Crippen LogP contribution in [0.2, 0.25) is 0 Å². The van der Waals surface area contributed by atoms with Crippen LogP contribution in [0.25, 0.3) is 0 Å². The van der Waals surface area contributed by atoms with Gasteiger partial charge in [-0.3, -0.25) is 0 Å². The van der Waals surface area contributed by atoms with E-state index in [0.29, 0.717) is 12.5 Å². The molecule has 0 bridgehead atoms. The maximum absolute atomic E-state index is 11.8. The van der Waals surface area contributed by atoms with Crippen molar-refractivity contribution < 1.29 is 14.7 Å². The van der Waals surface area contributed by atoms with E-state index >= 15 is 0 Å². The monoisotopic (exact) mass is 310 g/mol. The second kappa shape index (κ2) is 9.28. The van der Waals surface area contributed by atoms with Gasteiger partial charge in [-0.05, 0) is 23.5 Å². The molecule has 0 heterocycles. The molecule has 1 aromatic carbocycles. The van der Waals surface area contributed by atoms with Gasteiger partial charge in [-0.2, -0.15) is 11.8 Å². The van der Waals surface area contributed by atoms with E-state index in [0.717, 1.165) is 11.3 Å². The largest absolute Gasteiger partial charge is 0.480 e. The van der Waals surface area contributed by atoms with E-state index in [2.05, 4.69) is 10.6 Å². The molecule has 3 N–H and O–H groups in total. The first-order valence-corrected chi connectivity index (χ1v) is 8.22. The van der Waals surface area contributed by atoms with Gasteiger partial charge in [0.25, 0.3) is 0 Å². The Morgan fingerprint density at radius 1 is 1.29 bits per heavy atom. The first-order valence-electron chi connectivity index (χ1n) is 6.83. The van der Waals surface area contributed by atoms with Gasteiger partial charge in [-0.15, -0.1) is 0 Å². The molecule has 0 saturated heterocycles. The number of carboxylic acid groups (broad SMARTS) is 1. The number of aliphatic carboxylic acids is 1. The molecule has 0 aliphatic heterocycles. The van der Waals surface area contributed by atoms with Gasteiger partial charge >= 0.3 is 12.0 Å². The normalized spacial score (nSPS) is 13.2. The zero-order valence-electron chi connectivity index (χ0n) is 12.3. The number of hydrogen-bond acceptors (Lipinski definition) is 3. The molecule has 0 aliphatic carbocycles. The summed E-state index contributed by atoms with van der Waals surface area (Å²) in [5.41, 5.74) is 0.876. The fourth-order valence-corrected chi connectivity index (χ4v) is 2.56. The lowest BCUT2D eigenvalue weighted by atomic mass is 10.1. The zero-order chi connectivity index (χ0) is 15.7. The van der Waals surface area contributed by atoms with Crippen LogP contribution in [0.3, 0.4) is 0 Å². The van der Waals surface area contributed by atoms with Crippen LogP contribution in [0.4, 0.5) is 4.79 Å². The van der Waals surface area contributed by atoms with Crippen molar-refractivity contribution in [3.8, 4) is 0 Å². The van der Waals surface area contributed by atoms with Crippen LogP contribution in [-0.2, 0) is 11.2 Å². The first-order chi connectivity index (χ1) is 10.0. The maximum atomic E-state index is 11.8. The van der Waals surface area contributed by atoms with Gasteiger partial charge in [-0.1, -0.05) is 37.3 Å². The predicted octanol–water partition coefficient (Wildman–Crippen LogP) is 1.98. The van der Waals surface area contributed by atoms with E-state index in [-0.39, 0.29) is 6.42 Å². The van der Waals surface area contributed by atoms with Crippen molar-refractivity contribution in [2.24, 2.45) is 5.92 Å². The zero-order valence-corrected chi connectivity index (χ0v) is 13.2. The summed E-state index contributed by atoms with van der Waals surface area (Å²) in [6.45, 7) is 2.57. The Morgan fingerprint density at radius 3 is 2.52 bits per heavy atom. The first kappa shape index (κ1) is 17.4. The number of amides is 2. The van der Waals surface area contributed by atoms with Crippen LogP contribution in [0, 0.1) is 5.92 Å². The lowest BCUT2D eigenvalue weighted by Crippen LogP contribution is -2.48. The Morgan fingerprint density at radius 2 is 1.95 bits per heavy atom. The van der Waals surface area contributed by atoms with Crippen LogP contribution in [-0.4, -0.2) is 41.7 Å². The van der Waals surface area contributed by atoms with Crippen LogP contribution < -0.4 is 10.6 Å². The lowest BCUT2D eigenvalue weighted by Gasteiger charge is -2.17. The van der Waals surface area contributed by atoms with Crippen LogP contribution in [0.1, 0.15) is 12.5 Å². The molecule has 1 unspecified atom stereocenters. The molecular formula is C15H22N2O3S. The third-order valence-electron chi connectivity index (χ3n) is 2.95. The van der Waals surface area contributed by atoms with Crippen molar-refractivity contribution in [2.45, 2.75) is 19.4 Å². The minimum Gasteiger partial charge on any atom is -0.480 e. The standard InChI is InChI=1S/C15H22N2O3S/c1-11(10-21-2)9-16-15(20)17-13(14(18)19)8-12-6-4-3-5-7-12/h3-7,11,13H,8-10H2,1-2H3,(H,18,19)(H2,16,17,20)/t11?,13-/m0/s1. The summed E-state index contributed by atoms with van der Waals surface area (Å²) in [6, 6.07) is 7.88. The molecule has 5 nitrogen and oxygen atoms in total. The quantitative estimate of drug-likeness (QED) is 0.686. The van der Waals surface area contributed by atoms with E-state index in [1.54, 1.807) is 11.8 Å². The summed E-state index contributed by atoms with van der Waals surface area (Å²) in [4.78, 5) is 23.0. The Balaban J connectivity index is 2.47. The van der Waals surface area contributed by atoms with Crippen molar-refractivity contribution in [1.29, 1.82) is 0 Å². The number of urea groups is 1. The van der Waals surface area contributed by atoms with E-state index in [9.17, 15) is 14.7 Å². The molecule has 0 aliphatic rings. The number of rotatable bonds is 8. The number of benzene rings is 1. The van der Waals surface area contributed by atoms with Crippen LogP contribution in [0.5, 0.6) is 0 Å². The topological polar surface area (TPSA) is 78.4 Å². The molecule has 116 valence electrons. The Labute approximate surface area is 129 Å². The number of thioether (sulfide) groups is 1. The fourth-order valence-electron chi connectivity index (χ4n) is 1.87. The summed E-state index contributed by atoms with van der Waals surface area (Å²) in [7, 11) is 0. The molecule has 2 amide bonds. The van der Waals surface area contributed by atoms with Crippen molar-refractivity contribution in [3.05, 3.63) is 35.9 Å². The molecule has 21 heavy (non-hydrogen) atoms. The third kappa shape index (κ3) is 7.04. The van der Waals surface area contributed by atoms with Gasteiger partial charge in [0.15, 0.2) is 0 Å². The van der Waals surface area contributed by atoms with Crippen molar-refractivity contribution in [1.82, 2.24) is 10.6 Å². The molecule has 0 aromatic heterocycles. The number of hydrogen-bond donors (Lipinski definition) is 3. The second-order valence-electron chi connectivity index (χ2n) is 5.00. The van der Waals surface area contributed by atoms with Crippen molar-refractivity contribution >= 4 is 23.8 Å². The van der Waals surface area contributed by atoms with E-state index in [1.807, 2.05) is 43.5 Å². The van der Waals surface area contributed by atoms with Gasteiger partial charge in [0, 0.05) is 13.0 Å². The maximum Gasteiger partial charge on any atom is 0.326 e. The Kier molecular flexibility index (Phi) is 7.68. The number of nitrogens with one attached hydrogen (secondary N) is 2. The fraction of sp³-hybridized carbons (Fsp3) is 0.467. The van der Waals surface area contributed by atoms with Crippen molar-refractivity contribution in [2.75, 3.05) is 18.6 Å². The molecule has 6 heteroatoms. The van der Waals surface area contributed by atoms with Gasteiger partial charge in [0.2, 0.25) is 0 Å². The van der Waals surface area contributed by atoms with Gasteiger partial charge in [0.05, 0.1) is 0 Å². The molecule has 0 spiro atoms. The highest BCUT2D eigenvalue weighted by Crippen LogP contribution is 2.04. The summed E-state index contributed by atoms with van der Waals surface area (Å²) in [6.07, 6.45) is 2.28. The van der Waals surface area contributed by atoms with Crippen LogP contribution >= 0.6 is 11.8 Å². The van der Waals surface area contributed by atoms with E-state index in [1.165, 1.54) is 0 Å². The Hall–Kier alpha value is -1.69. The summed E-state index contributed by atoms with van der Waals surface area (Å²) in [5.74, 6) is 0.265. The predicted molar refractivity (Wildman–Crippen MR) is 85.7 cm³/mol. The molecular weight excluding hydrogens is 288 g/mol. The van der Waals surface area contributed by atoms with Crippen LogP contribution in [0.15, 0.2) is 30.3 Å². The minimum absolute atomic E-state index is 0.268. The molecule has 1 rings (SSSR count). The molecule has 2 atom stereocenters. The highest BCUT2D eigenvalue weighted by atomic mass is 32.2. The SMILES string of the molecule is CSCC(C)CNC(=O)N[C@@H](Cc1ccccc1)C(=O)O. The highest BCUT2D eigenvalue weighted by molar-refractivity contribution is 7.98. The second-order valence-corrected chi connectivity index (χ2v) is 5.91. The molecule has 0 fully saturated rings. The minimum atomic E-state index is -1.04. The average Bonchev–Trinajstić information content (AvgIpc) is 2.46. The van der Waals surface area contributed by atoms with Crippen molar-refractivity contribution in [3.63, 3.8) is 0 Å². The smallest absolute Gasteiger partial charge is 0.326 e. The third-order valence-corrected chi connectivity index (χ3v) is 3.85. The van der Waals surface area contributed by atoms with Gasteiger partial charge in [0.1, 0.15) is 6.04 Å². The number of carbonyl (C=O) groups is 2. The average molecular weight is 310 g/mol. The number of carbonyl (C=O) groups excluding carboxylic acids is 1. The van der Waals surface area contributed by atoms with E-state index in [4.69, 9.17) is 0 Å². The highest BCUT2D eigenvalue weighted by Gasteiger charge is 2.20. The van der Waals surface area contributed by atoms with Gasteiger partial charge in [-0.25, -0.2) is 9.59 Å². The summed E-state index contributed by atoms with van der Waals surface area (Å²) < 4.78 is 0. The van der Waals surface area contributed by atoms with Gasteiger partial charge < -0.3 is 15.7 Å². The summed E-state index contributed by atoms with van der Waals surface area (Å²) in [5, 5.41) is 14.4. The number of carboxylic acids is 1. The molecule has 0 saturated carbocycles. The molecule has 0 radical (unpaired) electrons. The molecule has 1 aromatic rings. The summed E-state index contributed by atoms with van der Waals surface area (Å²) >= 11 is 1.72. The lowest BCUT2D eigenvalue weighted by molar-refractivity contribution is -0.139. The van der Waals surface area contributed by atoms with E-state index < -0.39 is 18.0 Å². The Bertz CT molecular complexity index is 453.